The van der Waals surface area contributed by atoms with Gasteiger partial charge >= 0.3 is 0 Å². The predicted molar refractivity (Wildman–Crippen MR) is 90.6 cm³/mol. The summed E-state index contributed by atoms with van der Waals surface area (Å²) in [6.07, 6.45) is 11.1. The van der Waals surface area contributed by atoms with Gasteiger partial charge in [-0.1, -0.05) is 38.3 Å². The van der Waals surface area contributed by atoms with Gasteiger partial charge in [0.2, 0.25) is 0 Å². The molecule has 1 aliphatic heterocycles. The fourth-order valence-corrected chi connectivity index (χ4v) is 4.21. The van der Waals surface area contributed by atoms with Crippen LogP contribution in [0.5, 0.6) is 0 Å². The molecule has 2 N–H and O–H groups in total. The molecule has 116 valence electrons. The maximum Gasteiger partial charge on any atom is 0.0366 e. The van der Waals surface area contributed by atoms with Gasteiger partial charge in [0.1, 0.15) is 0 Å². The minimum atomic E-state index is 0.186. The molecule has 0 amide bonds. The minimum absolute atomic E-state index is 0.186. The van der Waals surface area contributed by atoms with Gasteiger partial charge in [-0.3, -0.25) is 0 Å². The van der Waals surface area contributed by atoms with Gasteiger partial charge in [-0.25, -0.2) is 0 Å². The fourth-order valence-electron chi connectivity index (χ4n) is 4.21. The number of rotatable bonds is 3. The van der Waals surface area contributed by atoms with E-state index in [1.807, 2.05) is 0 Å². The summed E-state index contributed by atoms with van der Waals surface area (Å²) in [5, 5.41) is 0. The molecular formula is C19H30N2. The van der Waals surface area contributed by atoms with Gasteiger partial charge in [-0.2, -0.15) is 0 Å². The summed E-state index contributed by atoms with van der Waals surface area (Å²) < 4.78 is 0. The van der Waals surface area contributed by atoms with Crippen LogP contribution in [0.1, 0.15) is 69.9 Å². The molecule has 0 radical (unpaired) electrons. The second kappa shape index (κ2) is 6.39. The SMILES string of the molecule is CC[C@H](N)c1ccc(N2CCC3(CCCCC3)CC2)cc1. The Kier molecular flexibility index (Phi) is 4.54. The van der Waals surface area contributed by atoms with E-state index >= 15 is 0 Å². The van der Waals surface area contributed by atoms with Crippen LogP contribution in [0.2, 0.25) is 0 Å². The number of benzene rings is 1. The zero-order chi connectivity index (χ0) is 14.7. The maximum absolute atomic E-state index is 6.10. The molecule has 1 aromatic carbocycles. The van der Waals surface area contributed by atoms with Crippen molar-refractivity contribution in [3.05, 3.63) is 29.8 Å². The van der Waals surface area contributed by atoms with E-state index < -0.39 is 0 Å². The third kappa shape index (κ3) is 3.26. The van der Waals surface area contributed by atoms with Crippen molar-refractivity contribution in [3.63, 3.8) is 0 Å². The molecule has 1 spiro atoms. The molecule has 1 saturated carbocycles. The summed E-state index contributed by atoms with van der Waals surface area (Å²) in [4.78, 5) is 2.57. The zero-order valence-corrected chi connectivity index (χ0v) is 13.5. The third-order valence-electron chi connectivity index (χ3n) is 5.86. The first kappa shape index (κ1) is 14.9. The Morgan fingerprint density at radius 3 is 2.19 bits per heavy atom. The van der Waals surface area contributed by atoms with Crippen LogP contribution in [0.3, 0.4) is 0 Å². The van der Waals surface area contributed by atoms with E-state index in [2.05, 4.69) is 36.1 Å². The van der Waals surface area contributed by atoms with Crippen molar-refractivity contribution in [2.45, 2.75) is 64.3 Å². The molecule has 21 heavy (non-hydrogen) atoms. The lowest BCUT2D eigenvalue weighted by Gasteiger charge is -2.45. The molecule has 0 bridgehead atoms. The van der Waals surface area contributed by atoms with Crippen LogP contribution in [-0.4, -0.2) is 13.1 Å². The van der Waals surface area contributed by atoms with Crippen LogP contribution in [0.25, 0.3) is 0 Å². The molecule has 2 fully saturated rings. The van der Waals surface area contributed by atoms with Crippen molar-refractivity contribution in [2.24, 2.45) is 11.1 Å². The van der Waals surface area contributed by atoms with Crippen molar-refractivity contribution >= 4 is 5.69 Å². The molecule has 1 aliphatic carbocycles. The molecule has 1 aromatic rings. The van der Waals surface area contributed by atoms with Crippen LogP contribution in [0.15, 0.2) is 24.3 Å². The summed E-state index contributed by atoms with van der Waals surface area (Å²) >= 11 is 0. The monoisotopic (exact) mass is 286 g/mol. The summed E-state index contributed by atoms with van der Waals surface area (Å²) in [6, 6.07) is 9.15. The highest BCUT2D eigenvalue weighted by atomic mass is 15.1. The highest BCUT2D eigenvalue weighted by molar-refractivity contribution is 5.48. The summed E-state index contributed by atoms with van der Waals surface area (Å²) in [7, 11) is 0. The fraction of sp³-hybridized carbons (Fsp3) is 0.684. The Labute approximate surface area is 129 Å². The lowest BCUT2D eigenvalue weighted by molar-refractivity contribution is 0.144. The number of piperidine rings is 1. The normalized spacial score (nSPS) is 23.2. The molecule has 2 aliphatic rings. The van der Waals surface area contributed by atoms with Gasteiger partial charge in [0.05, 0.1) is 0 Å². The van der Waals surface area contributed by atoms with Crippen molar-refractivity contribution in [1.82, 2.24) is 0 Å². The van der Waals surface area contributed by atoms with Gasteiger partial charge in [0.15, 0.2) is 0 Å². The first-order chi connectivity index (χ1) is 10.2. The van der Waals surface area contributed by atoms with E-state index in [0.717, 1.165) is 6.42 Å². The van der Waals surface area contributed by atoms with Crippen molar-refractivity contribution in [1.29, 1.82) is 0 Å². The largest absolute Gasteiger partial charge is 0.371 e. The molecule has 2 heteroatoms. The minimum Gasteiger partial charge on any atom is -0.371 e. The molecule has 0 unspecified atom stereocenters. The Morgan fingerprint density at radius 1 is 1.00 bits per heavy atom. The lowest BCUT2D eigenvalue weighted by Crippen LogP contribution is -2.41. The zero-order valence-electron chi connectivity index (χ0n) is 13.5. The van der Waals surface area contributed by atoms with Crippen LogP contribution < -0.4 is 10.6 Å². The number of anilines is 1. The Balaban J connectivity index is 1.61. The second-order valence-electron chi connectivity index (χ2n) is 7.15. The van der Waals surface area contributed by atoms with Crippen LogP contribution >= 0.6 is 0 Å². The van der Waals surface area contributed by atoms with Crippen molar-refractivity contribution in [3.8, 4) is 0 Å². The standard InChI is InChI=1S/C19H30N2/c1-2-18(20)16-6-8-17(9-7-16)21-14-12-19(13-15-21)10-4-3-5-11-19/h6-9,18H,2-5,10-15,20H2,1H3/t18-/m0/s1. The third-order valence-corrected chi connectivity index (χ3v) is 5.86. The summed E-state index contributed by atoms with van der Waals surface area (Å²) in [5.41, 5.74) is 9.44. The van der Waals surface area contributed by atoms with Gasteiger partial charge in [-0.15, -0.1) is 0 Å². The van der Waals surface area contributed by atoms with Crippen LogP contribution in [-0.2, 0) is 0 Å². The van der Waals surface area contributed by atoms with E-state index in [9.17, 15) is 0 Å². The van der Waals surface area contributed by atoms with E-state index in [1.165, 1.54) is 69.3 Å². The van der Waals surface area contributed by atoms with Gasteiger partial charge in [0.25, 0.3) is 0 Å². The van der Waals surface area contributed by atoms with Gasteiger partial charge < -0.3 is 10.6 Å². The molecule has 0 aromatic heterocycles. The van der Waals surface area contributed by atoms with Gasteiger partial charge in [0, 0.05) is 24.8 Å². The predicted octanol–water partition coefficient (Wildman–Crippen LogP) is 4.65. The van der Waals surface area contributed by atoms with E-state index in [4.69, 9.17) is 5.73 Å². The number of hydrogen-bond acceptors (Lipinski definition) is 2. The number of nitrogens with zero attached hydrogens (tertiary/aromatic N) is 1. The molecule has 1 heterocycles. The molecule has 3 rings (SSSR count). The summed E-state index contributed by atoms with van der Waals surface area (Å²) in [5.74, 6) is 0. The van der Waals surface area contributed by atoms with Crippen molar-refractivity contribution in [2.75, 3.05) is 18.0 Å². The lowest BCUT2D eigenvalue weighted by atomic mass is 9.68. The van der Waals surface area contributed by atoms with Crippen molar-refractivity contribution < 1.29 is 0 Å². The Morgan fingerprint density at radius 2 is 1.62 bits per heavy atom. The molecule has 1 saturated heterocycles. The smallest absolute Gasteiger partial charge is 0.0366 e. The number of nitrogens with two attached hydrogens (primary N) is 1. The maximum atomic E-state index is 6.10. The number of hydrogen-bond donors (Lipinski definition) is 1. The van der Waals surface area contributed by atoms with Crippen LogP contribution in [0, 0.1) is 5.41 Å². The first-order valence-electron chi connectivity index (χ1n) is 8.83. The summed E-state index contributed by atoms with van der Waals surface area (Å²) in [6.45, 7) is 4.62. The average Bonchev–Trinajstić information content (AvgIpc) is 2.56. The second-order valence-corrected chi connectivity index (χ2v) is 7.15. The molecular weight excluding hydrogens is 256 g/mol. The van der Waals surface area contributed by atoms with E-state index in [0.29, 0.717) is 5.41 Å². The highest BCUT2D eigenvalue weighted by Crippen LogP contribution is 2.45. The Hall–Kier alpha value is -1.02. The topological polar surface area (TPSA) is 29.3 Å². The molecule has 2 nitrogen and oxygen atoms in total. The van der Waals surface area contributed by atoms with Crippen LogP contribution in [0.4, 0.5) is 5.69 Å². The first-order valence-corrected chi connectivity index (χ1v) is 8.83. The quantitative estimate of drug-likeness (QED) is 0.876. The average molecular weight is 286 g/mol. The van der Waals surface area contributed by atoms with E-state index in [-0.39, 0.29) is 6.04 Å². The molecule has 1 atom stereocenters. The van der Waals surface area contributed by atoms with E-state index in [1.54, 1.807) is 0 Å². The van der Waals surface area contributed by atoms with Gasteiger partial charge in [-0.05, 0) is 55.2 Å². The highest BCUT2D eigenvalue weighted by Gasteiger charge is 2.35. The Bertz CT molecular complexity index is 435.